The number of methoxy groups -OCH3 is 1. The number of oxazole rings is 1. The maximum absolute atomic E-state index is 14.2. The molecule has 0 radical (unpaired) electrons. The van der Waals surface area contributed by atoms with Crippen molar-refractivity contribution < 1.29 is 33.4 Å². The van der Waals surface area contributed by atoms with E-state index in [0.717, 1.165) is 11.1 Å². The second kappa shape index (κ2) is 10.2. The Bertz CT molecular complexity index is 2080. The molecule has 4 atom stereocenters. The molecule has 0 saturated carbocycles. The van der Waals surface area contributed by atoms with Crippen LogP contribution in [0.5, 0.6) is 11.5 Å². The number of hydrogen-bond acceptors (Lipinski definition) is 8. The Morgan fingerprint density at radius 3 is 2.48 bits per heavy atom. The lowest BCUT2D eigenvalue weighted by atomic mass is 9.59. The third-order valence-electron chi connectivity index (χ3n) is 9.78. The Kier molecular flexibility index (Phi) is 6.22. The van der Waals surface area contributed by atoms with E-state index in [1.165, 1.54) is 24.2 Å². The summed E-state index contributed by atoms with van der Waals surface area (Å²) in [6.07, 6.45) is 3.73. The first-order chi connectivity index (χ1) is 22.2. The molecule has 228 valence electrons. The predicted octanol–water partition coefficient (Wildman–Crippen LogP) is 5.84. The number of hydrogen-bond donors (Lipinski definition) is 1. The van der Waals surface area contributed by atoms with Gasteiger partial charge in [0, 0.05) is 39.8 Å². The molecular weight excluding hydrogens is 584 g/mol. The van der Waals surface area contributed by atoms with Gasteiger partial charge in [-0.1, -0.05) is 29.8 Å². The van der Waals surface area contributed by atoms with Crippen LogP contribution in [0, 0.1) is 17.8 Å². The number of allylic oxidation sites excluding steroid dienone is 6. The Labute approximate surface area is 263 Å². The number of carbonyl (C=O) groups excluding carboxylic acids is 4. The third kappa shape index (κ3) is 4.04. The summed E-state index contributed by atoms with van der Waals surface area (Å²) in [6, 6.07) is 19.3. The highest BCUT2D eigenvalue weighted by Crippen LogP contribution is 2.56. The zero-order chi connectivity index (χ0) is 31.9. The largest absolute Gasteiger partial charge is 0.507 e. The molecule has 9 heteroatoms. The van der Waals surface area contributed by atoms with Crippen LogP contribution in [-0.4, -0.2) is 40.6 Å². The van der Waals surface area contributed by atoms with Crippen molar-refractivity contribution in [1.29, 1.82) is 0 Å². The molecule has 0 unspecified atom stereocenters. The maximum atomic E-state index is 14.2. The molecule has 1 aromatic heterocycles. The van der Waals surface area contributed by atoms with E-state index in [2.05, 4.69) is 4.98 Å². The number of ether oxygens (including phenoxy) is 1. The fourth-order valence-corrected chi connectivity index (χ4v) is 7.61. The number of nitrogens with zero attached hydrogens (tertiary/aromatic N) is 2. The molecule has 1 N–H and O–H groups in total. The summed E-state index contributed by atoms with van der Waals surface area (Å²) in [5, 5.41) is 11.1. The predicted molar refractivity (Wildman–Crippen MR) is 168 cm³/mol. The summed E-state index contributed by atoms with van der Waals surface area (Å²) in [5.74, 6) is -2.98. The molecule has 4 aromatic rings. The number of phenols is 1. The molecule has 8 rings (SSSR count). The minimum absolute atomic E-state index is 0.0817. The topological polar surface area (TPSA) is 127 Å². The number of aromatic hydroxyl groups is 1. The maximum Gasteiger partial charge on any atom is 0.238 e. The lowest BCUT2D eigenvalue weighted by molar-refractivity contribution is -0.123. The summed E-state index contributed by atoms with van der Waals surface area (Å²) >= 11 is 0. The number of anilines is 1. The highest BCUT2D eigenvalue weighted by Gasteiger charge is 2.56. The van der Waals surface area contributed by atoms with Gasteiger partial charge < -0.3 is 14.3 Å². The van der Waals surface area contributed by atoms with Gasteiger partial charge in [-0.25, -0.2) is 4.98 Å². The molecule has 4 aliphatic rings. The number of carbonyl (C=O) groups is 4. The summed E-state index contributed by atoms with van der Waals surface area (Å²) in [6.45, 7) is 1.61. The highest BCUT2D eigenvalue weighted by molar-refractivity contribution is 6.25. The van der Waals surface area contributed by atoms with Crippen LogP contribution >= 0.6 is 0 Å². The number of ketones is 2. The van der Waals surface area contributed by atoms with Crippen molar-refractivity contribution in [1.82, 2.24) is 4.98 Å². The van der Waals surface area contributed by atoms with Crippen LogP contribution < -0.4 is 9.64 Å². The van der Waals surface area contributed by atoms with Gasteiger partial charge in [0.05, 0.1) is 24.6 Å². The number of para-hydroxylation sites is 2. The molecule has 3 aromatic carbocycles. The van der Waals surface area contributed by atoms with Gasteiger partial charge in [0.1, 0.15) is 17.0 Å². The van der Waals surface area contributed by atoms with Crippen molar-refractivity contribution in [2.24, 2.45) is 17.8 Å². The summed E-state index contributed by atoms with van der Waals surface area (Å²) in [5.41, 5.74) is 4.74. The van der Waals surface area contributed by atoms with Gasteiger partial charge in [0.25, 0.3) is 0 Å². The van der Waals surface area contributed by atoms with Crippen molar-refractivity contribution >= 4 is 40.2 Å². The minimum atomic E-state index is -0.742. The first-order valence-corrected chi connectivity index (χ1v) is 15.2. The number of fused-ring (bicyclic) bond motifs is 4. The van der Waals surface area contributed by atoms with Gasteiger partial charge in [-0.05, 0) is 74.2 Å². The van der Waals surface area contributed by atoms with Crippen molar-refractivity contribution in [2.45, 2.75) is 25.7 Å². The van der Waals surface area contributed by atoms with Crippen LogP contribution in [-0.2, 0) is 19.2 Å². The Hall–Kier alpha value is -5.57. The van der Waals surface area contributed by atoms with E-state index in [4.69, 9.17) is 9.15 Å². The van der Waals surface area contributed by atoms with E-state index in [9.17, 15) is 24.3 Å². The average molecular weight is 613 g/mol. The molecule has 1 aliphatic heterocycles. The number of aromatic nitrogens is 1. The van der Waals surface area contributed by atoms with Gasteiger partial charge in [0.2, 0.25) is 17.7 Å². The summed E-state index contributed by atoms with van der Waals surface area (Å²) in [7, 11) is 1.49. The third-order valence-corrected chi connectivity index (χ3v) is 9.78. The molecule has 46 heavy (non-hydrogen) atoms. The molecule has 3 aliphatic carbocycles. The molecule has 1 saturated heterocycles. The number of benzene rings is 3. The van der Waals surface area contributed by atoms with Crippen molar-refractivity contribution in [3.63, 3.8) is 0 Å². The quantitative estimate of drug-likeness (QED) is 0.173. The molecule has 2 amide bonds. The molecule has 9 nitrogen and oxygen atoms in total. The van der Waals surface area contributed by atoms with Gasteiger partial charge in [-0.3, -0.25) is 24.1 Å². The zero-order valence-electron chi connectivity index (χ0n) is 25.0. The van der Waals surface area contributed by atoms with E-state index in [1.54, 1.807) is 43.3 Å². The molecule has 0 bridgehead atoms. The number of Topliss-reactive ketones (excluding diaryl/α,β-unsaturated/α-hetero) is 1. The number of amides is 2. The monoisotopic (exact) mass is 612 g/mol. The SMILES string of the molecule is COc1ccc([C@H]2C3=CC[C@@H]4C(=O)N(c5ccc(-c6nc7ccccc7o6)cc5)C(=O)[C@@H]4[C@@H]3CC3=C2C(=O)C(C)=CC3=O)c(O)c1. The molecule has 0 spiro atoms. The van der Waals surface area contributed by atoms with Gasteiger partial charge in [0.15, 0.2) is 17.1 Å². The van der Waals surface area contributed by atoms with Gasteiger partial charge in [-0.15, -0.1) is 0 Å². The standard InChI is InChI=1S/C37H28N2O7/c1-18-15-28(40)26-17-25-22(31(33(26)34(18)42)23-12-11-21(45-2)16-29(23)41)13-14-24-32(25)37(44)39(36(24)43)20-9-7-19(8-10-20)35-38-27-5-3-4-6-30(27)46-35/h3-13,15-16,24-25,31-32,41H,14,17H2,1-2H3/t24-,25+,31+,32-/m0/s1. The fourth-order valence-electron chi connectivity index (χ4n) is 7.61. The summed E-state index contributed by atoms with van der Waals surface area (Å²) < 4.78 is 11.2. The molecular formula is C37H28N2O7. The minimum Gasteiger partial charge on any atom is -0.507 e. The lowest BCUT2D eigenvalue weighted by Gasteiger charge is -2.42. The number of rotatable bonds is 4. The summed E-state index contributed by atoms with van der Waals surface area (Å²) in [4.78, 5) is 60.9. The normalized spacial score (nSPS) is 24.1. The average Bonchev–Trinajstić information content (AvgIpc) is 3.61. The first-order valence-electron chi connectivity index (χ1n) is 15.2. The Morgan fingerprint density at radius 1 is 0.957 bits per heavy atom. The van der Waals surface area contributed by atoms with Gasteiger partial charge >= 0.3 is 0 Å². The zero-order valence-corrected chi connectivity index (χ0v) is 25.0. The van der Waals surface area contributed by atoms with Crippen LogP contribution in [0.25, 0.3) is 22.6 Å². The first kappa shape index (κ1) is 27.9. The van der Waals surface area contributed by atoms with Crippen molar-refractivity contribution in [2.75, 3.05) is 12.0 Å². The Morgan fingerprint density at radius 2 is 1.74 bits per heavy atom. The van der Waals surface area contributed by atoms with E-state index in [0.29, 0.717) is 57.2 Å². The van der Waals surface area contributed by atoms with Crippen LogP contribution in [0.4, 0.5) is 5.69 Å². The van der Waals surface area contributed by atoms with Crippen molar-refractivity contribution in [3.8, 4) is 23.0 Å². The van der Waals surface area contributed by atoms with Crippen LogP contribution in [0.3, 0.4) is 0 Å². The molecule has 2 heterocycles. The van der Waals surface area contributed by atoms with Crippen LogP contribution in [0.1, 0.15) is 31.2 Å². The number of phenolic OH excluding ortho intramolecular Hbond substituents is 1. The second-order valence-electron chi connectivity index (χ2n) is 12.2. The van der Waals surface area contributed by atoms with E-state index >= 15 is 0 Å². The highest BCUT2D eigenvalue weighted by atomic mass is 16.5. The van der Waals surface area contributed by atoms with Crippen LogP contribution in [0.2, 0.25) is 0 Å². The van der Waals surface area contributed by atoms with E-state index < -0.39 is 23.7 Å². The lowest BCUT2D eigenvalue weighted by Crippen LogP contribution is -2.39. The second-order valence-corrected chi connectivity index (χ2v) is 12.2. The van der Waals surface area contributed by atoms with Crippen molar-refractivity contribution in [3.05, 3.63) is 107 Å². The van der Waals surface area contributed by atoms with E-state index in [-0.39, 0.29) is 35.6 Å². The molecule has 1 fully saturated rings. The number of imide groups is 1. The fraction of sp³-hybridized carbons (Fsp3) is 0.216. The van der Waals surface area contributed by atoms with Gasteiger partial charge in [-0.2, -0.15) is 0 Å². The Balaban J connectivity index is 1.17. The smallest absolute Gasteiger partial charge is 0.238 e. The van der Waals surface area contributed by atoms with E-state index in [1.807, 2.05) is 30.3 Å². The van der Waals surface area contributed by atoms with Crippen LogP contribution in [0.15, 0.2) is 106 Å².